The second-order valence-corrected chi connectivity index (χ2v) is 7.14. The van der Waals surface area contributed by atoms with Gasteiger partial charge < -0.3 is 18.7 Å². The summed E-state index contributed by atoms with van der Waals surface area (Å²) >= 11 is 0. The number of aromatic nitrogens is 2. The van der Waals surface area contributed by atoms with E-state index in [1.54, 1.807) is 33.5 Å². The van der Waals surface area contributed by atoms with Crippen molar-refractivity contribution in [3.8, 4) is 28.6 Å². The molecule has 0 spiro atoms. The quantitative estimate of drug-likeness (QED) is 0.562. The number of ether oxygens (including phenoxy) is 3. The summed E-state index contributed by atoms with van der Waals surface area (Å²) in [6.07, 6.45) is 2.98. The molecule has 1 aromatic heterocycles. The summed E-state index contributed by atoms with van der Waals surface area (Å²) in [6.45, 7) is 2.08. The molecule has 0 radical (unpaired) electrons. The van der Waals surface area contributed by atoms with E-state index < -0.39 is 0 Å². The Labute approximate surface area is 180 Å². The molecule has 0 N–H and O–H groups in total. The Balaban J connectivity index is 1.47. The van der Waals surface area contributed by atoms with Gasteiger partial charge in [-0.2, -0.15) is 4.98 Å². The second kappa shape index (κ2) is 9.18. The molecule has 0 fully saturated rings. The maximum atomic E-state index is 13.1. The molecule has 3 aromatic rings. The molecule has 162 valence electrons. The smallest absolute Gasteiger partial charge is 0.241 e. The van der Waals surface area contributed by atoms with Crippen LogP contribution in [0.2, 0.25) is 0 Å². The minimum Gasteiger partial charge on any atom is -0.496 e. The summed E-state index contributed by atoms with van der Waals surface area (Å²) in [5, 5.41) is 4.01. The average molecular weight is 425 g/mol. The number of rotatable bonds is 7. The van der Waals surface area contributed by atoms with Gasteiger partial charge in [-0.15, -0.1) is 0 Å². The van der Waals surface area contributed by atoms with Crippen LogP contribution in [0.5, 0.6) is 17.2 Å². The molecule has 8 heteroatoms. The van der Waals surface area contributed by atoms with Crippen molar-refractivity contribution < 1.29 is 23.1 Å². The van der Waals surface area contributed by atoms with E-state index in [0.29, 0.717) is 24.0 Å². The van der Waals surface area contributed by atoms with E-state index in [1.165, 1.54) is 12.1 Å². The summed E-state index contributed by atoms with van der Waals surface area (Å²) in [6, 6.07) is 9.75. The van der Waals surface area contributed by atoms with Gasteiger partial charge in [0, 0.05) is 30.8 Å². The van der Waals surface area contributed by atoms with Crippen LogP contribution in [0.3, 0.4) is 0 Å². The molecule has 0 aliphatic carbocycles. The van der Waals surface area contributed by atoms with Crippen molar-refractivity contribution >= 4 is 5.57 Å². The number of hydrogen-bond donors (Lipinski definition) is 0. The van der Waals surface area contributed by atoms with Gasteiger partial charge in [0.15, 0.2) is 0 Å². The van der Waals surface area contributed by atoms with Gasteiger partial charge in [-0.25, -0.2) is 4.39 Å². The molecule has 31 heavy (non-hydrogen) atoms. The highest BCUT2D eigenvalue weighted by Gasteiger charge is 2.22. The Morgan fingerprint density at radius 1 is 1.03 bits per heavy atom. The van der Waals surface area contributed by atoms with Gasteiger partial charge in [-0.3, -0.25) is 4.90 Å². The van der Waals surface area contributed by atoms with Crippen LogP contribution in [-0.4, -0.2) is 49.5 Å². The van der Waals surface area contributed by atoms with Crippen LogP contribution in [0, 0.1) is 5.82 Å². The molecule has 2 heterocycles. The molecule has 0 amide bonds. The van der Waals surface area contributed by atoms with Gasteiger partial charge in [0.05, 0.1) is 33.4 Å². The molecule has 0 unspecified atom stereocenters. The summed E-state index contributed by atoms with van der Waals surface area (Å²) < 4.78 is 35.0. The maximum Gasteiger partial charge on any atom is 0.241 e. The number of benzene rings is 2. The Morgan fingerprint density at radius 3 is 2.32 bits per heavy atom. The van der Waals surface area contributed by atoms with E-state index >= 15 is 0 Å². The van der Waals surface area contributed by atoms with Crippen LogP contribution < -0.4 is 14.2 Å². The van der Waals surface area contributed by atoms with Crippen molar-refractivity contribution in [2.45, 2.75) is 13.0 Å². The standard InChI is InChI=1S/C23H24FN3O4/c1-28-18-12-19(29-2)22(20(13-18)30-3)15-8-10-27(11-9-15)14-21-25-23(26-31-21)16-4-6-17(24)7-5-16/h4-8,12-13H,9-11,14H2,1-3H3. The fraction of sp³-hybridized carbons (Fsp3) is 0.304. The first-order valence-electron chi connectivity index (χ1n) is 9.91. The summed E-state index contributed by atoms with van der Waals surface area (Å²) in [5.41, 5.74) is 2.82. The minimum atomic E-state index is -0.298. The fourth-order valence-corrected chi connectivity index (χ4v) is 3.63. The average Bonchev–Trinajstić information content (AvgIpc) is 3.27. The Kier molecular flexibility index (Phi) is 6.18. The van der Waals surface area contributed by atoms with Crippen molar-refractivity contribution in [1.82, 2.24) is 15.0 Å². The predicted molar refractivity (Wildman–Crippen MR) is 114 cm³/mol. The van der Waals surface area contributed by atoms with Gasteiger partial charge in [0.2, 0.25) is 11.7 Å². The van der Waals surface area contributed by atoms with Crippen LogP contribution in [0.4, 0.5) is 4.39 Å². The van der Waals surface area contributed by atoms with Crippen LogP contribution in [-0.2, 0) is 6.54 Å². The van der Waals surface area contributed by atoms with Crippen molar-refractivity contribution in [2.75, 3.05) is 34.4 Å². The minimum absolute atomic E-state index is 0.298. The first-order chi connectivity index (χ1) is 15.1. The molecule has 0 atom stereocenters. The highest BCUT2D eigenvalue weighted by atomic mass is 19.1. The number of hydrogen-bond acceptors (Lipinski definition) is 7. The third-order valence-electron chi connectivity index (χ3n) is 5.26. The Hall–Kier alpha value is -3.39. The monoisotopic (exact) mass is 425 g/mol. The first kappa shape index (κ1) is 20.9. The van der Waals surface area contributed by atoms with E-state index in [1.807, 2.05) is 12.1 Å². The van der Waals surface area contributed by atoms with Crippen LogP contribution in [0.15, 0.2) is 47.0 Å². The molecular formula is C23H24FN3O4. The van der Waals surface area contributed by atoms with Crippen LogP contribution >= 0.6 is 0 Å². The highest BCUT2D eigenvalue weighted by molar-refractivity contribution is 5.77. The molecule has 0 bridgehead atoms. The van der Waals surface area contributed by atoms with Gasteiger partial charge in [0.1, 0.15) is 23.1 Å². The molecular weight excluding hydrogens is 401 g/mol. The van der Waals surface area contributed by atoms with Crippen molar-refractivity contribution in [1.29, 1.82) is 0 Å². The van der Waals surface area contributed by atoms with Crippen molar-refractivity contribution in [3.63, 3.8) is 0 Å². The summed E-state index contributed by atoms with van der Waals surface area (Å²) in [5.74, 6) is 2.80. The lowest BCUT2D eigenvalue weighted by Gasteiger charge is -2.26. The third kappa shape index (κ3) is 4.54. The fourth-order valence-electron chi connectivity index (χ4n) is 3.63. The van der Waals surface area contributed by atoms with Crippen LogP contribution in [0.25, 0.3) is 17.0 Å². The van der Waals surface area contributed by atoms with E-state index in [0.717, 1.165) is 47.7 Å². The lowest BCUT2D eigenvalue weighted by atomic mass is 9.97. The zero-order valence-electron chi connectivity index (χ0n) is 17.7. The maximum absolute atomic E-state index is 13.1. The molecule has 0 saturated carbocycles. The summed E-state index contributed by atoms with van der Waals surface area (Å²) in [7, 11) is 4.90. The van der Waals surface area contributed by atoms with E-state index in [-0.39, 0.29) is 5.82 Å². The zero-order chi connectivity index (χ0) is 21.8. The topological polar surface area (TPSA) is 69.9 Å². The second-order valence-electron chi connectivity index (χ2n) is 7.14. The molecule has 2 aromatic carbocycles. The first-order valence-corrected chi connectivity index (χ1v) is 9.91. The third-order valence-corrected chi connectivity index (χ3v) is 5.26. The molecule has 7 nitrogen and oxygen atoms in total. The van der Waals surface area contributed by atoms with Crippen molar-refractivity contribution in [3.05, 3.63) is 59.7 Å². The number of nitrogens with zero attached hydrogens (tertiary/aromatic N) is 3. The molecule has 1 aliphatic heterocycles. The zero-order valence-corrected chi connectivity index (χ0v) is 17.7. The molecule has 4 rings (SSSR count). The van der Waals surface area contributed by atoms with Gasteiger partial charge in [-0.05, 0) is 36.3 Å². The number of methoxy groups -OCH3 is 3. The van der Waals surface area contributed by atoms with Crippen LogP contribution in [0.1, 0.15) is 17.9 Å². The van der Waals surface area contributed by atoms with Crippen molar-refractivity contribution in [2.24, 2.45) is 0 Å². The van der Waals surface area contributed by atoms with E-state index in [9.17, 15) is 4.39 Å². The molecule has 0 saturated heterocycles. The van der Waals surface area contributed by atoms with E-state index in [2.05, 4.69) is 21.1 Å². The lowest BCUT2D eigenvalue weighted by Crippen LogP contribution is -2.28. The molecule has 1 aliphatic rings. The summed E-state index contributed by atoms with van der Waals surface area (Å²) in [4.78, 5) is 6.66. The number of halogens is 1. The Morgan fingerprint density at radius 2 is 1.74 bits per heavy atom. The lowest BCUT2D eigenvalue weighted by molar-refractivity contribution is 0.245. The normalized spacial score (nSPS) is 14.3. The highest BCUT2D eigenvalue weighted by Crippen LogP contribution is 2.40. The van der Waals surface area contributed by atoms with E-state index in [4.69, 9.17) is 18.7 Å². The largest absolute Gasteiger partial charge is 0.496 e. The SMILES string of the molecule is COc1cc(OC)c(C2=CCN(Cc3nc(-c4ccc(F)cc4)no3)CC2)c(OC)c1. The predicted octanol–water partition coefficient (Wildman–Crippen LogP) is 4.19. The van der Waals surface area contributed by atoms with Gasteiger partial charge >= 0.3 is 0 Å². The Bertz CT molecular complexity index is 1050. The van der Waals surface area contributed by atoms with Gasteiger partial charge in [0.25, 0.3) is 0 Å². The van der Waals surface area contributed by atoms with Gasteiger partial charge in [-0.1, -0.05) is 11.2 Å².